The van der Waals surface area contributed by atoms with Crippen LogP contribution >= 0.6 is 11.3 Å². The second-order valence-corrected chi connectivity index (χ2v) is 5.77. The Morgan fingerprint density at radius 3 is 2.70 bits per heavy atom. The van der Waals surface area contributed by atoms with Crippen molar-refractivity contribution in [3.8, 4) is 11.4 Å². The molecule has 1 heterocycles. The van der Waals surface area contributed by atoms with Crippen molar-refractivity contribution in [2.75, 3.05) is 0 Å². The molecular formula is C17H15N3O2S. The molecule has 2 N–H and O–H groups in total. The van der Waals surface area contributed by atoms with Crippen molar-refractivity contribution in [2.24, 2.45) is 5.10 Å². The summed E-state index contributed by atoms with van der Waals surface area (Å²) in [6.45, 7) is 1.94. The Bertz CT molecular complexity index is 897. The third-order valence-corrected chi connectivity index (χ3v) is 4.20. The van der Waals surface area contributed by atoms with E-state index in [9.17, 15) is 9.90 Å². The molecule has 0 fully saturated rings. The Kier molecular flexibility index (Phi) is 4.25. The normalized spacial score (nSPS) is 11.4. The lowest BCUT2D eigenvalue weighted by Gasteiger charge is -2.06. The number of phenols is 1. The molecule has 5 nitrogen and oxygen atoms in total. The van der Waals surface area contributed by atoms with Crippen LogP contribution in [-0.2, 0) is 0 Å². The first-order valence-corrected chi connectivity index (χ1v) is 7.89. The molecule has 0 radical (unpaired) electrons. The monoisotopic (exact) mass is 325 g/mol. The number of nitrogens with zero attached hydrogens (tertiary/aromatic N) is 2. The number of amides is 1. The van der Waals surface area contributed by atoms with Crippen molar-refractivity contribution in [3.05, 3.63) is 76.0 Å². The van der Waals surface area contributed by atoms with Gasteiger partial charge in [-0.05, 0) is 31.2 Å². The summed E-state index contributed by atoms with van der Waals surface area (Å²) in [6.07, 6.45) is 0. The summed E-state index contributed by atoms with van der Waals surface area (Å²) in [5.41, 5.74) is 4.87. The van der Waals surface area contributed by atoms with Gasteiger partial charge in [-0.1, -0.05) is 24.3 Å². The zero-order valence-corrected chi connectivity index (χ0v) is 13.2. The van der Waals surface area contributed by atoms with Crippen LogP contribution in [0.4, 0.5) is 0 Å². The summed E-state index contributed by atoms with van der Waals surface area (Å²) < 4.78 is 1.87. The van der Waals surface area contributed by atoms with Crippen LogP contribution in [0.2, 0.25) is 0 Å². The van der Waals surface area contributed by atoms with E-state index in [2.05, 4.69) is 10.5 Å². The lowest BCUT2D eigenvalue weighted by molar-refractivity contribution is 0.0953. The van der Waals surface area contributed by atoms with E-state index in [0.29, 0.717) is 10.4 Å². The highest BCUT2D eigenvalue weighted by atomic mass is 32.1. The van der Waals surface area contributed by atoms with Crippen molar-refractivity contribution >= 4 is 17.2 Å². The fraction of sp³-hybridized carbons (Fsp3) is 0.0588. The number of benzene rings is 2. The number of carbonyl (C=O) groups excluding carboxylic acids is 1. The number of thiazole rings is 1. The van der Waals surface area contributed by atoms with E-state index in [0.717, 1.165) is 11.4 Å². The van der Waals surface area contributed by atoms with Crippen LogP contribution in [0.3, 0.4) is 0 Å². The average molecular weight is 325 g/mol. The smallest absolute Gasteiger partial charge is 0.271 e. The van der Waals surface area contributed by atoms with E-state index >= 15 is 0 Å². The van der Waals surface area contributed by atoms with Crippen molar-refractivity contribution < 1.29 is 9.90 Å². The van der Waals surface area contributed by atoms with Crippen LogP contribution in [0.25, 0.3) is 5.69 Å². The largest absolute Gasteiger partial charge is 0.508 e. The van der Waals surface area contributed by atoms with E-state index in [1.54, 1.807) is 42.5 Å². The fourth-order valence-electron chi connectivity index (χ4n) is 2.17. The third kappa shape index (κ3) is 3.32. The van der Waals surface area contributed by atoms with Gasteiger partial charge in [0.2, 0.25) is 4.80 Å². The highest BCUT2D eigenvalue weighted by Crippen LogP contribution is 2.16. The molecule has 6 heteroatoms. The summed E-state index contributed by atoms with van der Waals surface area (Å²) in [5, 5.41) is 15.8. The maximum Gasteiger partial charge on any atom is 0.271 e. The molecular weight excluding hydrogens is 310 g/mol. The molecule has 0 saturated carbocycles. The van der Waals surface area contributed by atoms with E-state index in [1.807, 2.05) is 29.0 Å². The molecule has 0 unspecified atom stereocenters. The van der Waals surface area contributed by atoms with Gasteiger partial charge >= 0.3 is 0 Å². The number of aromatic nitrogens is 1. The second-order valence-electron chi connectivity index (χ2n) is 4.93. The molecule has 0 aliphatic heterocycles. The van der Waals surface area contributed by atoms with E-state index in [-0.39, 0.29) is 11.7 Å². The van der Waals surface area contributed by atoms with E-state index in [4.69, 9.17) is 0 Å². The van der Waals surface area contributed by atoms with Gasteiger partial charge in [0.1, 0.15) is 5.75 Å². The van der Waals surface area contributed by atoms with E-state index < -0.39 is 0 Å². The predicted octanol–water partition coefficient (Wildman–Crippen LogP) is 2.80. The van der Waals surface area contributed by atoms with Gasteiger partial charge in [-0.25, -0.2) is 5.43 Å². The van der Waals surface area contributed by atoms with Gasteiger partial charge < -0.3 is 5.11 Å². The van der Waals surface area contributed by atoms with Gasteiger partial charge in [0.15, 0.2) is 0 Å². The lowest BCUT2D eigenvalue weighted by Crippen LogP contribution is -2.24. The Morgan fingerprint density at radius 1 is 1.17 bits per heavy atom. The molecule has 3 rings (SSSR count). The Balaban J connectivity index is 1.94. The number of phenolic OH excluding ortho intramolecular Hbond substituents is 1. The van der Waals surface area contributed by atoms with Crippen molar-refractivity contribution in [2.45, 2.75) is 6.92 Å². The first-order chi connectivity index (χ1) is 11.1. The van der Waals surface area contributed by atoms with Gasteiger partial charge in [-0.3, -0.25) is 9.36 Å². The summed E-state index contributed by atoms with van der Waals surface area (Å²) >= 11 is 1.41. The zero-order chi connectivity index (χ0) is 16.2. The lowest BCUT2D eigenvalue weighted by atomic mass is 10.2. The molecule has 116 valence electrons. The third-order valence-electron chi connectivity index (χ3n) is 3.26. The van der Waals surface area contributed by atoms with Gasteiger partial charge in [0.05, 0.1) is 5.69 Å². The van der Waals surface area contributed by atoms with Gasteiger partial charge in [-0.15, -0.1) is 16.4 Å². The molecule has 0 saturated heterocycles. The summed E-state index contributed by atoms with van der Waals surface area (Å²) in [7, 11) is 0. The minimum Gasteiger partial charge on any atom is -0.508 e. The van der Waals surface area contributed by atoms with Gasteiger partial charge in [0.25, 0.3) is 5.91 Å². The molecule has 0 aliphatic carbocycles. The Labute approximate surface area is 137 Å². The van der Waals surface area contributed by atoms with Crippen LogP contribution in [0.5, 0.6) is 5.75 Å². The molecule has 1 amide bonds. The second kappa shape index (κ2) is 6.50. The molecule has 2 aromatic carbocycles. The first kappa shape index (κ1) is 15.1. The molecule has 1 aromatic heterocycles. The van der Waals surface area contributed by atoms with Crippen molar-refractivity contribution in [1.29, 1.82) is 0 Å². The van der Waals surface area contributed by atoms with Crippen LogP contribution in [0.1, 0.15) is 16.1 Å². The minimum absolute atomic E-state index is 0.180. The molecule has 3 aromatic rings. The summed E-state index contributed by atoms with van der Waals surface area (Å²) in [6, 6.07) is 15.8. The van der Waals surface area contributed by atoms with E-state index in [1.165, 1.54) is 11.3 Å². The van der Waals surface area contributed by atoms with Crippen molar-refractivity contribution in [1.82, 2.24) is 9.99 Å². The number of hydrogen-bond acceptors (Lipinski definition) is 4. The molecule has 0 atom stereocenters. The number of rotatable bonds is 3. The number of aryl methyl sites for hydroxylation is 1. The first-order valence-electron chi connectivity index (χ1n) is 7.01. The van der Waals surface area contributed by atoms with Crippen molar-refractivity contribution in [3.63, 3.8) is 0 Å². The van der Waals surface area contributed by atoms with Crippen LogP contribution in [-0.4, -0.2) is 15.6 Å². The summed E-state index contributed by atoms with van der Waals surface area (Å²) in [4.78, 5) is 12.7. The van der Waals surface area contributed by atoms with Crippen LogP contribution < -0.4 is 10.2 Å². The van der Waals surface area contributed by atoms with Crippen LogP contribution in [0, 0.1) is 6.92 Å². The summed E-state index contributed by atoms with van der Waals surface area (Å²) in [5.74, 6) is -0.0843. The number of nitrogens with one attached hydrogen (secondary N) is 1. The van der Waals surface area contributed by atoms with Gasteiger partial charge in [0, 0.05) is 22.7 Å². The standard InChI is InChI=1S/C17H15N3O2S/c1-12-11-23-17(20(12)14-8-5-9-15(21)10-14)19-18-16(22)13-6-3-2-4-7-13/h2-11,21H,1H3,(H,18,22)/b19-17-. The highest BCUT2D eigenvalue weighted by molar-refractivity contribution is 7.07. The highest BCUT2D eigenvalue weighted by Gasteiger charge is 2.07. The van der Waals surface area contributed by atoms with Gasteiger partial charge in [-0.2, -0.15) is 0 Å². The topological polar surface area (TPSA) is 66.6 Å². The molecule has 0 spiro atoms. The molecule has 0 aliphatic rings. The predicted molar refractivity (Wildman–Crippen MR) is 89.5 cm³/mol. The average Bonchev–Trinajstić information content (AvgIpc) is 2.94. The quantitative estimate of drug-likeness (QED) is 0.727. The fourth-order valence-corrected chi connectivity index (χ4v) is 3.00. The number of hydrogen-bond donors (Lipinski definition) is 2. The number of aromatic hydroxyl groups is 1. The SMILES string of the molecule is Cc1cs/c(=N\NC(=O)c2ccccc2)n1-c1cccc(O)c1. The Morgan fingerprint density at radius 2 is 1.96 bits per heavy atom. The zero-order valence-electron chi connectivity index (χ0n) is 12.4. The maximum atomic E-state index is 12.1. The Hall–Kier alpha value is -2.86. The van der Waals surface area contributed by atoms with Crippen LogP contribution in [0.15, 0.2) is 65.1 Å². The molecule has 23 heavy (non-hydrogen) atoms. The molecule has 0 bridgehead atoms. The maximum absolute atomic E-state index is 12.1. The minimum atomic E-state index is -0.265. The number of carbonyl (C=O) groups is 1.